The fourth-order valence-corrected chi connectivity index (χ4v) is 2.54. The van der Waals surface area contributed by atoms with Gasteiger partial charge < -0.3 is 10.6 Å². The average molecular weight is 470 g/mol. The fraction of sp³-hybridized carbons (Fsp3) is 0.526. The van der Waals surface area contributed by atoms with Gasteiger partial charge in [-0.3, -0.25) is 4.57 Å². The smallest absolute Gasteiger partial charge is 0.191 e. The molecule has 2 N–H and O–H groups in total. The Hall–Kier alpha value is -1.64. The Morgan fingerprint density at radius 2 is 1.96 bits per heavy atom. The molecule has 0 aliphatic carbocycles. The number of imidazole rings is 1. The fourth-order valence-electron chi connectivity index (χ4n) is 2.54. The Labute approximate surface area is 174 Å². The van der Waals surface area contributed by atoms with Crippen molar-refractivity contribution in [3.63, 3.8) is 0 Å². The van der Waals surface area contributed by atoms with Crippen LogP contribution < -0.4 is 10.6 Å². The van der Waals surface area contributed by atoms with Gasteiger partial charge in [-0.05, 0) is 31.9 Å². The summed E-state index contributed by atoms with van der Waals surface area (Å²) in [7, 11) is 0. The van der Waals surface area contributed by atoms with E-state index in [-0.39, 0.29) is 24.0 Å². The number of halogens is 1. The molecule has 144 valence electrons. The zero-order valence-corrected chi connectivity index (χ0v) is 18.4. The Morgan fingerprint density at radius 1 is 1.12 bits per heavy atom. The van der Waals surface area contributed by atoms with Crippen LogP contribution in [0.25, 0.3) is 5.82 Å². The number of rotatable bonds is 9. The largest absolute Gasteiger partial charge is 0.357 e. The zero-order valence-electron chi connectivity index (χ0n) is 16.0. The molecule has 0 saturated carbocycles. The van der Waals surface area contributed by atoms with Gasteiger partial charge in [0.05, 0.1) is 6.54 Å². The molecule has 0 atom stereocenters. The molecule has 2 rings (SSSR count). The Bertz CT molecular complexity index is 650. The number of hydrogen-bond donors (Lipinski definition) is 2. The van der Waals surface area contributed by atoms with Crippen molar-refractivity contribution in [1.29, 1.82) is 0 Å². The summed E-state index contributed by atoms with van der Waals surface area (Å²) in [5.74, 6) is 2.68. The second-order valence-electron chi connectivity index (χ2n) is 6.05. The van der Waals surface area contributed by atoms with E-state index < -0.39 is 0 Å². The summed E-state index contributed by atoms with van der Waals surface area (Å²) in [4.78, 5) is 13.4. The van der Waals surface area contributed by atoms with Crippen molar-refractivity contribution >= 4 is 29.9 Å². The first kappa shape index (κ1) is 22.4. The lowest BCUT2D eigenvalue weighted by Crippen LogP contribution is -2.37. The van der Waals surface area contributed by atoms with Crippen LogP contribution in [-0.4, -0.2) is 33.6 Å². The Balaban J connectivity index is 0.00000338. The van der Waals surface area contributed by atoms with Crippen LogP contribution in [0.3, 0.4) is 0 Å². The maximum Gasteiger partial charge on any atom is 0.191 e. The third kappa shape index (κ3) is 7.31. The first-order chi connectivity index (χ1) is 12.2. The molecule has 0 radical (unpaired) electrons. The van der Waals surface area contributed by atoms with Gasteiger partial charge in [0.15, 0.2) is 5.96 Å². The predicted octanol–water partition coefficient (Wildman–Crippen LogP) is 3.83. The van der Waals surface area contributed by atoms with Gasteiger partial charge in [0.25, 0.3) is 0 Å². The monoisotopic (exact) mass is 470 g/mol. The van der Waals surface area contributed by atoms with E-state index in [2.05, 4.69) is 45.5 Å². The number of aromatic nitrogens is 3. The number of aliphatic imine (C=N–C) groups is 1. The molecule has 0 aliphatic heterocycles. The molecule has 0 bridgehead atoms. The maximum atomic E-state index is 4.65. The molecule has 0 amide bonds. The lowest BCUT2D eigenvalue weighted by molar-refractivity contribution is 0.647. The van der Waals surface area contributed by atoms with Crippen molar-refractivity contribution in [3.05, 3.63) is 42.1 Å². The molecular formula is C19H31IN6. The topological polar surface area (TPSA) is 67.1 Å². The molecule has 0 aromatic carbocycles. The Kier molecular flexibility index (Phi) is 10.9. The second-order valence-corrected chi connectivity index (χ2v) is 6.05. The second kappa shape index (κ2) is 12.7. The third-order valence-corrected chi connectivity index (χ3v) is 3.97. The van der Waals surface area contributed by atoms with Crippen LogP contribution in [0.4, 0.5) is 0 Å². The minimum atomic E-state index is 0. The third-order valence-electron chi connectivity index (χ3n) is 3.97. The molecule has 0 spiro atoms. The van der Waals surface area contributed by atoms with Crippen LogP contribution in [0.15, 0.2) is 35.7 Å². The molecule has 0 unspecified atom stereocenters. The number of nitrogens with one attached hydrogen (secondary N) is 2. The average Bonchev–Trinajstić information content (AvgIpc) is 3.06. The van der Waals surface area contributed by atoms with Gasteiger partial charge in [0.2, 0.25) is 0 Å². The molecule has 0 aliphatic rings. The molecule has 26 heavy (non-hydrogen) atoms. The summed E-state index contributed by atoms with van der Waals surface area (Å²) < 4.78 is 1.97. The molecular weight excluding hydrogens is 439 g/mol. The maximum absolute atomic E-state index is 4.65. The van der Waals surface area contributed by atoms with Crippen LogP contribution >= 0.6 is 24.0 Å². The SMILES string of the molecule is CCCCCCNC(=NCc1ccc(-n2ccnc2C)nc1)NCC.I. The van der Waals surface area contributed by atoms with Crippen LogP contribution in [0.1, 0.15) is 50.9 Å². The highest BCUT2D eigenvalue weighted by atomic mass is 127. The lowest BCUT2D eigenvalue weighted by Gasteiger charge is -2.11. The molecule has 7 heteroatoms. The summed E-state index contributed by atoms with van der Waals surface area (Å²) in [5.41, 5.74) is 1.09. The van der Waals surface area contributed by atoms with Crippen LogP contribution in [0, 0.1) is 6.92 Å². The van der Waals surface area contributed by atoms with Crippen molar-refractivity contribution in [3.8, 4) is 5.82 Å². The molecule has 2 aromatic rings. The van der Waals surface area contributed by atoms with Crippen molar-refractivity contribution in [1.82, 2.24) is 25.2 Å². The number of guanidine groups is 1. The van der Waals surface area contributed by atoms with Gasteiger partial charge in [0.1, 0.15) is 11.6 Å². The van der Waals surface area contributed by atoms with Gasteiger partial charge in [-0.2, -0.15) is 0 Å². The van der Waals surface area contributed by atoms with Gasteiger partial charge >= 0.3 is 0 Å². The standard InChI is InChI=1S/C19H30N6.HI/c1-4-6-7-8-11-22-19(20-5-2)24-15-17-9-10-18(23-14-17)25-13-12-21-16(25)3;/h9-10,12-14H,4-8,11,15H2,1-3H3,(H2,20,22,24);1H. The van der Waals surface area contributed by atoms with E-state index in [1.165, 1.54) is 25.7 Å². The first-order valence-corrected chi connectivity index (χ1v) is 9.22. The lowest BCUT2D eigenvalue weighted by atomic mass is 10.2. The van der Waals surface area contributed by atoms with E-state index in [1.807, 2.05) is 30.0 Å². The van der Waals surface area contributed by atoms with E-state index in [4.69, 9.17) is 0 Å². The number of unbranched alkanes of at least 4 members (excludes halogenated alkanes) is 3. The zero-order chi connectivity index (χ0) is 17.9. The highest BCUT2D eigenvalue weighted by Gasteiger charge is 2.02. The quantitative estimate of drug-likeness (QED) is 0.253. The molecule has 2 heterocycles. The normalized spacial score (nSPS) is 11.1. The van der Waals surface area contributed by atoms with Crippen LogP contribution in [0.2, 0.25) is 0 Å². The van der Waals surface area contributed by atoms with Gasteiger partial charge in [-0.1, -0.05) is 32.3 Å². The summed E-state index contributed by atoms with van der Waals surface area (Å²) in [6.45, 7) is 8.71. The van der Waals surface area contributed by atoms with Crippen LogP contribution in [0.5, 0.6) is 0 Å². The summed E-state index contributed by atoms with van der Waals surface area (Å²) >= 11 is 0. The van der Waals surface area contributed by atoms with Gasteiger partial charge in [-0.25, -0.2) is 15.0 Å². The van der Waals surface area contributed by atoms with Gasteiger partial charge in [0, 0.05) is 31.7 Å². The summed E-state index contributed by atoms with van der Waals surface area (Å²) in [5, 5.41) is 6.69. The number of hydrogen-bond acceptors (Lipinski definition) is 3. The van der Waals surface area contributed by atoms with E-state index in [1.54, 1.807) is 6.20 Å². The number of nitrogens with zero attached hydrogens (tertiary/aromatic N) is 4. The molecule has 2 aromatic heterocycles. The van der Waals surface area contributed by atoms with Crippen molar-refractivity contribution < 1.29 is 0 Å². The van der Waals surface area contributed by atoms with E-state index in [9.17, 15) is 0 Å². The molecule has 0 saturated heterocycles. The minimum absolute atomic E-state index is 0. The molecule has 0 fully saturated rings. The van der Waals surface area contributed by atoms with E-state index in [0.717, 1.165) is 36.3 Å². The number of pyridine rings is 1. The van der Waals surface area contributed by atoms with Crippen molar-refractivity contribution in [2.45, 2.75) is 53.0 Å². The predicted molar refractivity (Wildman–Crippen MR) is 118 cm³/mol. The summed E-state index contributed by atoms with van der Waals surface area (Å²) in [6.07, 6.45) is 10.6. The first-order valence-electron chi connectivity index (χ1n) is 9.22. The van der Waals surface area contributed by atoms with Crippen molar-refractivity contribution in [2.75, 3.05) is 13.1 Å². The molecule has 6 nitrogen and oxygen atoms in total. The highest BCUT2D eigenvalue weighted by molar-refractivity contribution is 14.0. The highest BCUT2D eigenvalue weighted by Crippen LogP contribution is 2.09. The number of aryl methyl sites for hydroxylation is 1. The Morgan fingerprint density at radius 3 is 2.58 bits per heavy atom. The summed E-state index contributed by atoms with van der Waals surface area (Å²) in [6, 6.07) is 4.07. The van der Waals surface area contributed by atoms with Crippen molar-refractivity contribution in [2.24, 2.45) is 4.99 Å². The van der Waals surface area contributed by atoms with Gasteiger partial charge in [-0.15, -0.1) is 24.0 Å². The minimum Gasteiger partial charge on any atom is -0.357 e. The van der Waals surface area contributed by atoms with E-state index in [0.29, 0.717) is 6.54 Å². The van der Waals surface area contributed by atoms with Crippen LogP contribution in [-0.2, 0) is 6.54 Å². The van der Waals surface area contributed by atoms with E-state index >= 15 is 0 Å².